The first kappa shape index (κ1) is 12.6. The molecule has 1 aliphatic rings. The third kappa shape index (κ3) is 2.22. The number of rotatable bonds is 2. The van der Waals surface area contributed by atoms with Gasteiger partial charge < -0.3 is 9.84 Å². The van der Waals surface area contributed by atoms with Crippen molar-refractivity contribution < 1.29 is 23.1 Å². The van der Waals surface area contributed by atoms with Crippen molar-refractivity contribution >= 4 is 32.6 Å². The first-order chi connectivity index (χ1) is 8.41. The molecule has 0 aromatic heterocycles. The molecule has 0 unspecified atom stereocenters. The van der Waals surface area contributed by atoms with Gasteiger partial charge in [0.25, 0.3) is 9.84 Å². The molecule has 2 rings (SSSR count). The summed E-state index contributed by atoms with van der Waals surface area (Å²) in [4.78, 5) is 13.3. The molecule has 1 N–H and O–H groups in total. The summed E-state index contributed by atoms with van der Waals surface area (Å²) >= 11 is 5.66. The zero-order valence-electron chi connectivity index (χ0n) is 8.70. The number of halogens is 1. The fraction of sp³-hybridized carbons (Fsp3) is 0. The topological polar surface area (TPSA) is 93.0 Å². The van der Waals surface area contributed by atoms with E-state index in [9.17, 15) is 13.2 Å². The largest absolute Gasteiger partial charge is 0.477 e. The van der Waals surface area contributed by atoms with Gasteiger partial charge in [0.15, 0.2) is 4.91 Å². The molecule has 0 aliphatic carbocycles. The van der Waals surface area contributed by atoms with Gasteiger partial charge in [-0.25, -0.2) is 18.2 Å². The van der Waals surface area contributed by atoms with Gasteiger partial charge in [0.2, 0.25) is 0 Å². The molecule has 1 aromatic rings. The molecule has 1 heterocycles. The monoisotopic (exact) mass is 287 g/mol. The molecule has 0 saturated carbocycles. The van der Waals surface area contributed by atoms with E-state index in [1.54, 1.807) is 0 Å². The molecule has 0 amide bonds. The van der Waals surface area contributed by atoms with Crippen LogP contribution in [0, 0.1) is 0 Å². The molecule has 0 atom stereocenters. The van der Waals surface area contributed by atoms with Gasteiger partial charge in [0.1, 0.15) is 5.75 Å². The Kier molecular flexibility index (Phi) is 3.10. The van der Waals surface area contributed by atoms with E-state index < -0.39 is 25.9 Å². The lowest BCUT2D eigenvalue weighted by Crippen LogP contribution is -2.22. The summed E-state index contributed by atoms with van der Waals surface area (Å²) in [5, 5.41) is 8.47. The number of sulfone groups is 1. The van der Waals surface area contributed by atoms with Gasteiger partial charge in [0.05, 0.1) is 6.20 Å². The number of carboxylic acid groups (broad SMARTS) is 1. The summed E-state index contributed by atoms with van der Waals surface area (Å²) in [5.41, 5.74) is 0. The molecule has 0 bridgehead atoms. The Bertz CT molecular complexity index is 660. The summed E-state index contributed by atoms with van der Waals surface area (Å²) in [6, 6.07) is 5.90. The first-order valence-corrected chi connectivity index (χ1v) is 6.47. The van der Waals surface area contributed by atoms with Crippen molar-refractivity contribution in [1.82, 2.24) is 0 Å². The average Bonchev–Trinajstić information content (AvgIpc) is 2.58. The van der Waals surface area contributed by atoms with Gasteiger partial charge in [-0.1, -0.05) is 11.6 Å². The summed E-state index contributed by atoms with van der Waals surface area (Å²) < 4.78 is 28.4. The van der Waals surface area contributed by atoms with Gasteiger partial charge in [-0.15, -0.1) is 0 Å². The first-order valence-electron chi connectivity index (χ1n) is 4.61. The standard InChI is InChI=1S/C10H6ClNO5S/c11-6-1-3-7(4-2-6)17-10-12-5-8(9(13)14)18(10,15)16/h1-5H,(H,13,14). The Morgan fingerprint density at radius 2 is 1.89 bits per heavy atom. The Morgan fingerprint density at radius 3 is 2.39 bits per heavy atom. The number of aliphatic imine (C=N–C) groups is 1. The highest BCUT2D eigenvalue weighted by Gasteiger charge is 2.36. The predicted octanol–water partition coefficient (Wildman–Crippen LogP) is 1.43. The van der Waals surface area contributed by atoms with Crippen LogP contribution < -0.4 is 4.74 Å². The van der Waals surface area contributed by atoms with E-state index in [0.717, 1.165) is 6.20 Å². The van der Waals surface area contributed by atoms with Gasteiger partial charge in [-0.2, -0.15) is 0 Å². The van der Waals surface area contributed by atoms with E-state index in [0.29, 0.717) is 5.02 Å². The summed E-state index contributed by atoms with van der Waals surface area (Å²) in [6.45, 7) is 0. The molecule has 0 saturated heterocycles. The number of benzene rings is 1. The summed E-state index contributed by atoms with van der Waals surface area (Å²) in [6.07, 6.45) is 0.739. The van der Waals surface area contributed by atoms with Crippen molar-refractivity contribution in [2.75, 3.05) is 0 Å². The predicted molar refractivity (Wildman–Crippen MR) is 64.2 cm³/mol. The van der Waals surface area contributed by atoms with Crippen LogP contribution in [0.15, 0.2) is 40.4 Å². The maximum Gasteiger partial charge on any atom is 0.349 e. The molecule has 0 radical (unpaired) electrons. The van der Waals surface area contributed by atoms with E-state index in [-0.39, 0.29) is 5.75 Å². The van der Waals surface area contributed by atoms with Crippen LogP contribution in [0.3, 0.4) is 0 Å². The van der Waals surface area contributed by atoms with E-state index >= 15 is 0 Å². The van der Waals surface area contributed by atoms with Crippen molar-refractivity contribution in [3.05, 3.63) is 40.4 Å². The Balaban J connectivity index is 2.24. The molecule has 94 valence electrons. The Morgan fingerprint density at radius 1 is 1.28 bits per heavy atom. The fourth-order valence-electron chi connectivity index (χ4n) is 1.20. The number of carboxylic acids is 1. The molecule has 0 fully saturated rings. The van der Waals surface area contributed by atoms with Gasteiger partial charge in [-0.05, 0) is 24.3 Å². The zero-order chi connectivity index (χ0) is 13.3. The second-order valence-electron chi connectivity index (χ2n) is 3.25. The van der Waals surface area contributed by atoms with Crippen LogP contribution in [-0.4, -0.2) is 24.7 Å². The van der Waals surface area contributed by atoms with E-state index in [4.69, 9.17) is 21.4 Å². The van der Waals surface area contributed by atoms with Crippen molar-refractivity contribution in [2.45, 2.75) is 0 Å². The maximum atomic E-state index is 11.7. The van der Waals surface area contributed by atoms with Crippen molar-refractivity contribution in [2.24, 2.45) is 4.99 Å². The average molecular weight is 288 g/mol. The highest BCUT2D eigenvalue weighted by molar-refractivity contribution is 8.10. The zero-order valence-corrected chi connectivity index (χ0v) is 10.3. The number of nitrogens with zero attached hydrogens (tertiary/aromatic N) is 1. The highest BCUT2D eigenvalue weighted by Crippen LogP contribution is 2.22. The van der Waals surface area contributed by atoms with E-state index in [1.807, 2.05) is 0 Å². The highest BCUT2D eigenvalue weighted by atomic mass is 35.5. The third-order valence-electron chi connectivity index (χ3n) is 2.04. The molecule has 6 nitrogen and oxygen atoms in total. The third-order valence-corrected chi connectivity index (χ3v) is 3.80. The molecular weight excluding hydrogens is 282 g/mol. The number of hydrogen-bond donors (Lipinski definition) is 1. The maximum absolute atomic E-state index is 11.7. The number of aliphatic carboxylic acids is 1. The van der Waals surface area contributed by atoms with E-state index in [1.165, 1.54) is 24.3 Å². The van der Waals surface area contributed by atoms with Crippen LogP contribution in [0.2, 0.25) is 5.02 Å². The second kappa shape index (κ2) is 4.43. The number of hydrogen-bond acceptors (Lipinski definition) is 5. The minimum Gasteiger partial charge on any atom is -0.477 e. The van der Waals surface area contributed by atoms with Crippen LogP contribution >= 0.6 is 11.6 Å². The van der Waals surface area contributed by atoms with Crippen molar-refractivity contribution in [3.63, 3.8) is 0 Å². The minimum absolute atomic E-state index is 0.196. The van der Waals surface area contributed by atoms with Gasteiger partial charge >= 0.3 is 11.2 Å². The van der Waals surface area contributed by atoms with Gasteiger partial charge in [-0.3, -0.25) is 0 Å². The number of carbonyl (C=O) groups is 1. The Hall–Kier alpha value is -1.86. The summed E-state index contributed by atoms with van der Waals surface area (Å²) in [7, 11) is -4.18. The lowest BCUT2D eigenvalue weighted by atomic mass is 10.3. The van der Waals surface area contributed by atoms with Crippen LogP contribution in [0.25, 0.3) is 0 Å². The molecule has 8 heteroatoms. The van der Waals surface area contributed by atoms with Gasteiger partial charge in [0, 0.05) is 5.02 Å². The molecule has 0 spiro atoms. The lowest BCUT2D eigenvalue weighted by Gasteiger charge is -2.05. The van der Waals surface area contributed by atoms with Crippen LogP contribution in [0.5, 0.6) is 5.75 Å². The quantitative estimate of drug-likeness (QED) is 0.888. The molecule has 1 aliphatic heterocycles. The molecule has 1 aromatic carbocycles. The van der Waals surface area contributed by atoms with Crippen molar-refractivity contribution in [3.8, 4) is 5.75 Å². The second-order valence-corrected chi connectivity index (χ2v) is 5.49. The normalized spacial score (nSPS) is 16.9. The van der Waals surface area contributed by atoms with Crippen LogP contribution in [0.1, 0.15) is 0 Å². The fourth-order valence-corrected chi connectivity index (χ4v) is 2.33. The SMILES string of the molecule is O=C(O)C1=CN=C(Oc2ccc(Cl)cc2)S1(=O)=O. The Labute approximate surface area is 107 Å². The van der Waals surface area contributed by atoms with Crippen LogP contribution in [-0.2, 0) is 14.6 Å². The van der Waals surface area contributed by atoms with Crippen molar-refractivity contribution in [1.29, 1.82) is 0 Å². The molecule has 18 heavy (non-hydrogen) atoms. The van der Waals surface area contributed by atoms with E-state index in [2.05, 4.69) is 4.99 Å². The summed E-state index contributed by atoms with van der Waals surface area (Å²) in [5.74, 6) is -1.38. The van der Waals surface area contributed by atoms with Crippen LogP contribution in [0.4, 0.5) is 0 Å². The smallest absolute Gasteiger partial charge is 0.349 e. The molecular formula is C10H6ClNO5S. The lowest BCUT2D eigenvalue weighted by molar-refractivity contribution is -0.131. The number of ether oxygens (including phenoxy) is 1. The minimum atomic E-state index is -4.18.